The Bertz CT molecular complexity index is 1240. The first kappa shape index (κ1) is 22.1. The molecule has 2 aliphatic rings. The summed E-state index contributed by atoms with van der Waals surface area (Å²) in [7, 11) is 2.95. The molecule has 2 heterocycles. The van der Waals surface area contributed by atoms with Crippen molar-refractivity contribution >= 4 is 5.90 Å². The Morgan fingerprint density at radius 1 is 0.970 bits per heavy atom. The first-order chi connectivity index (χ1) is 15.8. The van der Waals surface area contributed by atoms with Crippen LogP contribution >= 0.6 is 0 Å². The number of hydrogen-bond donors (Lipinski definition) is 1. The molecule has 4 rings (SSSR count). The molecule has 2 aromatic carbocycles. The molecule has 166 valence electrons. The summed E-state index contributed by atoms with van der Waals surface area (Å²) in [5.41, 5.74) is -2.05. The molecule has 2 aliphatic heterocycles. The van der Waals surface area contributed by atoms with Gasteiger partial charge in [0.15, 0.2) is 5.41 Å². The van der Waals surface area contributed by atoms with Crippen LogP contribution in [-0.4, -0.2) is 20.1 Å². The zero-order valence-corrected chi connectivity index (χ0v) is 18.7. The third-order valence-corrected chi connectivity index (χ3v) is 6.84. The fourth-order valence-electron chi connectivity index (χ4n) is 4.98. The maximum atomic E-state index is 10.4. The number of nitrogens with one attached hydrogen (secondary N) is 1. The number of hydrogen-bond acceptors (Lipinski definition) is 8. The molecule has 0 radical (unpaired) electrons. The molecule has 0 aliphatic carbocycles. The Kier molecular flexibility index (Phi) is 5.04. The zero-order valence-electron chi connectivity index (χ0n) is 18.7. The normalized spacial score (nSPS) is 29.2. The maximum Gasteiger partial charge on any atom is 0.244 e. The van der Waals surface area contributed by atoms with Crippen molar-refractivity contribution in [3.63, 3.8) is 0 Å². The number of rotatable bonds is 4. The van der Waals surface area contributed by atoms with Crippen molar-refractivity contribution in [3.8, 4) is 29.7 Å². The van der Waals surface area contributed by atoms with E-state index >= 15 is 0 Å². The first-order valence-corrected chi connectivity index (χ1v) is 10.3. The van der Waals surface area contributed by atoms with Crippen molar-refractivity contribution in [1.82, 2.24) is 0 Å². The molecule has 8 heteroatoms. The van der Waals surface area contributed by atoms with Gasteiger partial charge in [0.2, 0.25) is 17.1 Å². The maximum absolute atomic E-state index is 10.4. The van der Waals surface area contributed by atoms with Crippen LogP contribution < -0.4 is 9.47 Å². The highest BCUT2D eigenvalue weighted by molar-refractivity contribution is 5.89. The lowest BCUT2D eigenvalue weighted by molar-refractivity contribution is -0.288. The van der Waals surface area contributed by atoms with Gasteiger partial charge in [-0.15, -0.1) is 0 Å². The van der Waals surface area contributed by atoms with E-state index in [4.69, 9.17) is 24.4 Å². The Morgan fingerprint density at radius 3 is 2.18 bits per heavy atom. The Balaban J connectivity index is 2.07. The van der Waals surface area contributed by atoms with Crippen LogP contribution in [0, 0.1) is 63.1 Å². The Morgan fingerprint density at radius 2 is 1.64 bits per heavy atom. The van der Waals surface area contributed by atoms with E-state index in [2.05, 4.69) is 6.07 Å². The highest BCUT2D eigenvalue weighted by Crippen LogP contribution is 2.69. The SMILES string of the molecule is COc1ccc(OC)c(C2OC3(c4ccc(C)cc4)OC(=N)C(C#N)(C3C)C2(C#N)C#N)c1. The van der Waals surface area contributed by atoms with Crippen LogP contribution in [0.2, 0.25) is 0 Å². The van der Waals surface area contributed by atoms with Crippen molar-refractivity contribution in [2.75, 3.05) is 14.2 Å². The molecule has 2 bridgehead atoms. The van der Waals surface area contributed by atoms with E-state index < -0.39 is 34.5 Å². The van der Waals surface area contributed by atoms with Gasteiger partial charge >= 0.3 is 0 Å². The van der Waals surface area contributed by atoms with Crippen molar-refractivity contribution in [2.45, 2.75) is 25.7 Å². The van der Waals surface area contributed by atoms with Crippen molar-refractivity contribution < 1.29 is 18.9 Å². The summed E-state index contributed by atoms with van der Waals surface area (Å²) in [5.74, 6) is -2.06. The molecule has 4 atom stereocenters. The van der Waals surface area contributed by atoms with Gasteiger partial charge in [0, 0.05) is 11.1 Å². The Labute approximate surface area is 192 Å². The van der Waals surface area contributed by atoms with Gasteiger partial charge in [0.25, 0.3) is 0 Å². The summed E-state index contributed by atoms with van der Waals surface area (Å²) in [6, 6.07) is 18.5. The number of ether oxygens (including phenoxy) is 4. The monoisotopic (exact) mass is 442 g/mol. The van der Waals surface area contributed by atoms with E-state index in [1.165, 1.54) is 14.2 Å². The van der Waals surface area contributed by atoms with Crippen LogP contribution in [-0.2, 0) is 15.3 Å². The Hall–Kier alpha value is -4.06. The van der Waals surface area contributed by atoms with E-state index in [-0.39, 0.29) is 0 Å². The molecule has 4 unspecified atom stereocenters. The van der Waals surface area contributed by atoms with Gasteiger partial charge in [-0.2, -0.15) is 15.8 Å². The standard InChI is InChI=1S/C25H22N4O4/c1-15-5-7-17(8-6-15)25-16(2)24(14-28,22(29)33-25)23(12-26,13-27)21(32-25)19-11-18(30-3)9-10-20(19)31-4/h5-11,16,21,29H,1-4H3. The van der Waals surface area contributed by atoms with E-state index in [0.717, 1.165) is 5.56 Å². The van der Waals surface area contributed by atoms with Gasteiger partial charge in [0.05, 0.1) is 38.3 Å². The van der Waals surface area contributed by atoms with Crippen molar-refractivity contribution in [2.24, 2.45) is 16.7 Å². The molecule has 0 saturated carbocycles. The van der Waals surface area contributed by atoms with E-state index in [0.29, 0.717) is 22.6 Å². The molecule has 0 aromatic heterocycles. The summed E-state index contributed by atoms with van der Waals surface area (Å²) >= 11 is 0. The van der Waals surface area contributed by atoms with Crippen LogP contribution in [0.4, 0.5) is 0 Å². The lowest BCUT2D eigenvalue weighted by Crippen LogP contribution is -2.57. The average molecular weight is 442 g/mol. The predicted molar refractivity (Wildman–Crippen MR) is 116 cm³/mol. The summed E-state index contributed by atoms with van der Waals surface area (Å²) in [6.45, 7) is 3.61. The minimum Gasteiger partial charge on any atom is -0.497 e. The average Bonchev–Trinajstić information content (AvgIpc) is 3.00. The van der Waals surface area contributed by atoms with Gasteiger partial charge in [-0.05, 0) is 25.1 Å². The number of aryl methyl sites for hydroxylation is 1. The number of fused-ring (bicyclic) bond motifs is 2. The highest BCUT2D eigenvalue weighted by atomic mass is 16.7. The molecule has 0 amide bonds. The van der Waals surface area contributed by atoms with Crippen LogP contribution in [0.15, 0.2) is 42.5 Å². The van der Waals surface area contributed by atoms with Gasteiger partial charge < -0.3 is 18.9 Å². The molecule has 8 nitrogen and oxygen atoms in total. The number of benzene rings is 2. The fraction of sp³-hybridized carbons (Fsp3) is 0.360. The minimum atomic E-state index is -2.09. The largest absolute Gasteiger partial charge is 0.497 e. The molecule has 2 saturated heterocycles. The molecule has 33 heavy (non-hydrogen) atoms. The molecular formula is C25H22N4O4. The second-order valence-corrected chi connectivity index (χ2v) is 8.24. The van der Waals surface area contributed by atoms with Gasteiger partial charge in [-0.25, -0.2) is 0 Å². The fourth-order valence-corrected chi connectivity index (χ4v) is 4.98. The third kappa shape index (κ3) is 2.61. The number of nitriles is 3. The lowest BCUT2D eigenvalue weighted by atomic mass is 9.53. The van der Waals surface area contributed by atoms with Gasteiger partial charge in [-0.3, -0.25) is 5.41 Å². The first-order valence-electron chi connectivity index (χ1n) is 10.3. The van der Waals surface area contributed by atoms with Crippen LogP contribution in [0.1, 0.15) is 29.7 Å². The number of nitrogens with zero attached hydrogens (tertiary/aromatic N) is 3. The zero-order chi connectivity index (χ0) is 24.0. The minimum absolute atomic E-state index is 0.348. The third-order valence-electron chi connectivity index (χ3n) is 6.84. The molecule has 2 aromatic rings. The topological polar surface area (TPSA) is 132 Å². The van der Waals surface area contributed by atoms with Gasteiger partial charge in [-0.1, -0.05) is 36.8 Å². The second-order valence-electron chi connectivity index (χ2n) is 8.24. The highest BCUT2D eigenvalue weighted by Gasteiger charge is 2.80. The van der Waals surface area contributed by atoms with Gasteiger partial charge in [0.1, 0.15) is 17.6 Å². The lowest BCUT2D eigenvalue weighted by Gasteiger charge is -2.49. The number of methoxy groups -OCH3 is 2. The molecular weight excluding hydrogens is 420 g/mol. The summed E-state index contributed by atoms with van der Waals surface area (Å²) in [5, 5.41) is 39.9. The van der Waals surface area contributed by atoms with Crippen LogP contribution in [0.5, 0.6) is 11.5 Å². The molecule has 1 N–H and O–H groups in total. The van der Waals surface area contributed by atoms with Crippen molar-refractivity contribution in [1.29, 1.82) is 21.2 Å². The van der Waals surface area contributed by atoms with E-state index in [9.17, 15) is 15.8 Å². The van der Waals surface area contributed by atoms with Crippen molar-refractivity contribution in [3.05, 3.63) is 59.2 Å². The smallest absolute Gasteiger partial charge is 0.244 e. The summed E-state index contributed by atoms with van der Waals surface area (Å²) < 4.78 is 23.4. The summed E-state index contributed by atoms with van der Waals surface area (Å²) in [6.07, 6.45) is -1.28. The van der Waals surface area contributed by atoms with Crippen LogP contribution in [0.3, 0.4) is 0 Å². The second kappa shape index (κ2) is 7.52. The predicted octanol–water partition coefficient (Wildman–Crippen LogP) is 4.12. The summed E-state index contributed by atoms with van der Waals surface area (Å²) in [4.78, 5) is 0. The molecule has 2 fully saturated rings. The van der Waals surface area contributed by atoms with E-state index in [1.807, 2.05) is 31.2 Å². The van der Waals surface area contributed by atoms with Crippen LogP contribution in [0.25, 0.3) is 0 Å². The molecule has 0 spiro atoms. The quantitative estimate of drug-likeness (QED) is 0.753. The van der Waals surface area contributed by atoms with E-state index in [1.54, 1.807) is 37.3 Å².